The summed E-state index contributed by atoms with van der Waals surface area (Å²) in [6, 6.07) is 14.8. The van der Waals surface area contributed by atoms with E-state index in [-0.39, 0.29) is 29.7 Å². The fraction of sp³-hybridized carbons (Fsp3) is 0.423. The highest BCUT2D eigenvalue weighted by molar-refractivity contribution is 7.99. The van der Waals surface area contributed by atoms with Crippen molar-refractivity contribution in [1.82, 2.24) is 4.90 Å². The summed E-state index contributed by atoms with van der Waals surface area (Å²) in [6.07, 6.45) is -0.796. The molecule has 0 aliphatic heterocycles. The Hall–Kier alpha value is -3.29. The van der Waals surface area contributed by atoms with E-state index in [0.29, 0.717) is 16.9 Å². The predicted octanol–water partition coefficient (Wildman–Crippen LogP) is 4.36. The van der Waals surface area contributed by atoms with Gasteiger partial charge in [-0.15, -0.1) is 11.8 Å². The zero-order chi connectivity index (χ0) is 29.1. The summed E-state index contributed by atoms with van der Waals surface area (Å²) in [7, 11) is -3.56. The number of carbonyl (C=O) groups is 3. The average Bonchev–Trinajstić information content (AvgIpc) is 2.85. The molecule has 2 amide bonds. The maximum Gasteiger partial charge on any atom is 0.417 e. The summed E-state index contributed by atoms with van der Waals surface area (Å²) in [5.41, 5.74) is 6.91. The molecule has 0 aliphatic carbocycles. The lowest BCUT2D eigenvalue weighted by Crippen LogP contribution is -2.40. The van der Waals surface area contributed by atoms with Crippen LogP contribution in [0.4, 0.5) is 16.2 Å². The first-order chi connectivity index (χ1) is 18.3. The van der Waals surface area contributed by atoms with Crippen molar-refractivity contribution in [3.63, 3.8) is 0 Å². The number of nitrogens with zero attached hydrogens (tertiary/aromatic N) is 3. The zero-order valence-corrected chi connectivity index (χ0v) is 24.0. The Kier molecular flexibility index (Phi) is 12.1. The van der Waals surface area contributed by atoms with Crippen molar-refractivity contribution in [3.8, 4) is 0 Å². The third-order valence-electron chi connectivity index (χ3n) is 4.81. The summed E-state index contributed by atoms with van der Waals surface area (Å²) < 4.78 is 35.2. The maximum atomic E-state index is 12.5. The zero-order valence-electron chi connectivity index (χ0n) is 22.4. The van der Waals surface area contributed by atoms with Gasteiger partial charge in [-0.3, -0.25) is 9.59 Å². The molecule has 0 fully saturated rings. The highest BCUT2D eigenvalue weighted by Crippen LogP contribution is 2.19. The Labute approximate surface area is 233 Å². The molecule has 212 valence electrons. The van der Waals surface area contributed by atoms with Crippen LogP contribution in [0.5, 0.6) is 0 Å². The van der Waals surface area contributed by atoms with E-state index in [1.165, 1.54) is 6.92 Å². The molecular weight excluding hydrogens is 544 g/mol. The normalized spacial score (nSPS) is 12.6. The summed E-state index contributed by atoms with van der Waals surface area (Å²) >= 11 is 1.07. The third-order valence-corrected chi connectivity index (χ3v) is 7.41. The number of esters is 1. The molecule has 0 spiro atoms. The number of carbonyl (C=O) groups excluding carboxylic acids is 3. The van der Waals surface area contributed by atoms with Crippen LogP contribution < -0.4 is 5.73 Å². The minimum Gasteiger partial charge on any atom is -0.463 e. The molecule has 2 N–H and O–H groups in total. The predicted molar refractivity (Wildman–Crippen MR) is 150 cm³/mol. The van der Waals surface area contributed by atoms with Crippen LogP contribution in [0.25, 0.3) is 0 Å². The Bertz CT molecular complexity index is 1250. The van der Waals surface area contributed by atoms with Crippen molar-refractivity contribution in [2.24, 2.45) is 16.0 Å². The first-order valence-corrected chi connectivity index (χ1v) is 15.0. The molecule has 1 atom stereocenters. The largest absolute Gasteiger partial charge is 0.463 e. The first-order valence-electron chi connectivity index (χ1n) is 12.0. The molecule has 0 heterocycles. The number of ether oxygens (including phenoxy) is 2. The van der Waals surface area contributed by atoms with Crippen LogP contribution in [0.15, 0.2) is 64.8 Å². The minimum atomic E-state index is -3.56. The van der Waals surface area contributed by atoms with Crippen molar-refractivity contribution in [2.75, 3.05) is 24.0 Å². The van der Waals surface area contributed by atoms with Gasteiger partial charge in [0.25, 0.3) is 0 Å². The van der Waals surface area contributed by atoms with Crippen LogP contribution in [-0.2, 0) is 34.7 Å². The standard InChI is InChI=1S/C26H34N4O7S2/c1-19(31)30(25(33)37-26(2,3)4)18-38-16-23(27)24(32)36-14-15-39(34,35)17-20-10-12-22(13-11-20)29-28-21-8-6-5-7-9-21/h5-13,23H,14-18,27H2,1-4H3/t23-/m0/s1. The molecule has 0 saturated heterocycles. The Morgan fingerprint density at radius 2 is 1.59 bits per heavy atom. The molecule has 0 aromatic heterocycles. The molecule has 0 radical (unpaired) electrons. The molecule has 2 aromatic carbocycles. The maximum absolute atomic E-state index is 12.5. The van der Waals surface area contributed by atoms with E-state index in [2.05, 4.69) is 10.2 Å². The molecule has 0 saturated carbocycles. The van der Waals surface area contributed by atoms with Gasteiger partial charge in [-0.05, 0) is 50.6 Å². The molecule has 11 nitrogen and oxygen atoms in total. The van der Waals surface area contributed by atoms with Crippen molar-refractivity contribution in [2.45, 2.75) is 45.1 Å². The molecule has 0 aliphatic rings. The van der Waals surface area contributed by atoms with Gasteiger partial charge in [0.2, 0.25) is 5.91 Å². The van der Waals surface area contributed by atoms with Crippen molar-refractivity contribution < 1.29 is 32.3 Å². The lowest BCUT2D eigenvalue weighted by molar-refractivity contribution is -0.143. The monoisotopic (exact) mass is 578 g/mol. The highest BCUT2D eigenvalue weighted by Gasteiger charge is 2.26. The number of imide groups is 1. The van der Waals surface area contributed by atoms with Gasteiger partial charge in [0, 0.05) is 12.7 Å². The van der Waals surface area contributed by atoms with E-state index in [1.54, 1.807) is 45.0 Å². The van der Waals surface area contributed by atoms with E-state index < -0.39 is 39.4 Å². The van der Waals surface area contributed by atoms with Gasteiger partial charge < -0.3 is 15.2 Å². The number of azo groups is 1. The van der Waals surface area contributed by atoms with Crippen LogP contribution in [0.2, 0.25) is 0 Å². The van der Waals surface area contributed by atoms with Gasteiger partial charge in [0.15, 0.2) is 9.84 Å². The van der Waals surface area contributed by atoms with Gasteiger partial charge in [-0.2, -0.15) is 10.2 Å². The van der Waals surface area contributed by atoms with Gasteiger partial charge in [0.05, 0.1) is 28.8 Å². The van der Waals surface area contributed by atoms with Gasteiger partial charge in [0.1, 0.15) is 18.2 Å². The van der Waals surface area contributed by atoms with Gasteiger partial charge >= 0.3 is 12.1 Å². The Balaban J connectivity index is 1.76. The molecule has 2 rings (SSSR count). The van der Waals surface area contributed by atoms with Crippen LogP contribution in [0, 0.1) is 0 Å². The third kappa shape index (κ3) is 12.4. The number of nitrogens with two attached hydrogens (primary N) is 1. The fourth-order valence-electron chi connectivity index (χ4n) is 2.90. The number of rotatable bonds is 12. The molecule has 0 unspecified atom stereocenters. The van der Waals surface area contributed by atoms with Crippen molar-refractivity contribution in [1.29, 1.82) is 0 Å². The van der Waals surface area contributed by atoms with Crippen LogP contribution in [-0.4, -0.2) is 66.9 Å². The number of amides is 2. The first kappa shape index (κ1) is 31.9. The van der Waals surface area contributed by atoms with Crippen LogP contribution in [0.1, 0.15) is 33.3 Å². The van der Waals surface area contributed by atoms with E-state index in [9.17, 15) is 22.8 Å². The fourth-order valence-corrected chi connectivity index (χ4v) is 5.05. The number of sulfone groups is 1. The minimum absolute atomic E-state index is 0.0477. The molecular formula is C26H34N4O7S2. The average molecular weight is 579 g/mol. The van der Waals surface area contributed by atoms with Gasteiger partial charge in [-0.1, -0.05) is 30.3 Å². The Morgan fingerprint density at radius 3 is 2.15 bits per heavy atom. The van der Waals surface area contributed by atoms with Crippen LogP contribution >= 0.6 is 11.8 Å². The smallest absolute Gasteiger partial charge is 0.417 e. The lowest BCUT2D eigenvalue weighted by Gasteiger charge is -2.25. The van der Waals surface area contributed by atoms with E-state index in [0.717, 1.165) is 16.7 Å². The summed E-state index contributed by atoms with van der Waals surface area (Å²) in [5, 5.41) is 8.24. The molecule has 39 heavy (non-hydrogen) atoms. The van der Waals surface area contributed by atoms with Crippen LogP contribution in [0.3, 0.4) is 0 Å². The highest BCUT2D eigenvalue weighted by atomic mass is 32.2. The molecule has 0 bridgehead atoms. The quantitative estimate of drug-likeness (QED) is 0.219. The summed E-state index contributed by atoms with van der Waals surface area (Å²) in [5.74, 6) is -1.90. The Morgan fingerprint density at radius 1 is 1.00 bits per heavy atom. The number of hydrogen-bond donors (Lipinski definition) is 1. The number of hydrogen-bond acceptors (Lipinski definition) is 11. The van der Waals surface area contributed by atoms with E-state index in [4.69, 9.17) is 15.2 Å². The van der Waals surface area contributed by atoms with Crippen molar-refractivity contribution in [3.05, 3.63) is 60.2 Å². The summed E-state index contributed by atoms with van der Waals surface area (Å²) in [6.45, 7) is 5.92. The SMILES string of the molecule is CC(=O)N(CSC[C@H](N)C(=O)OCCS(=O)(=O)Cc1ccc(N=Nc2ccccc2)cc1)C(=O)OC(C)(C)C. The topological polar surface area (TPSA) is 158 Å². The molecule has 13 heteroatoms. The summed E-state index contributed by atoms with van der Waals surface area (Å²) in [4.78, 5) is 37.0. The van der Waals surface area contributed by atoms with E-state index in [1.807, 2.05) is 30.3 Å². The van der Waals surface area contributed by atoms with E-state index >= 15 is 0 Å². The second-order valence-corrected chi connectivity index (χ2v) is 12.7. The number of thioether (sulfide) groups is 1. The lowest BCUT2D eigenvalue weighted by atomic mass is 10.2. The second-order valence-electron chi connectivity index (χ2n) is 9.50. The number of benzene rings is 2. The van der Waals surface area contributed by atoms with Crippen molar-refractivity contribution >= 4 is 50.9 Å². The van der Waals surface area contributed by atoms with Gasteiger partial charge in [-0.25, -0.2) is 18.1 Å². The molecule has 2 aromatic rings. The second kappa shape index (κ2) is 14.8.